The minimum absolute atomic E-state index is 0.0480. The van der Waals surface area contributed by atoms with E-state index >= 15 is 0 Å². The van der Waals surface area contributed by atoms with Crippen molar-refractivity contribution in [3.8, 4) is 5.69 Å². The average molecular weight is 474 g/mol. The predicted octanol–water partition coefficient (Wildman–Crippen LogP) is 5.05. The van der Waals surface area contributed by atoms with Gasteiger partial charge in [0.1, 0.15) is 5.82 Å². The number of hydrogen-bond acceptors (Lipinski definition) is 5. The number of halogens is 3. The molecule has 0 unspecified atom stereocenters. The molecule has 0 N–H and O–H groups in total. The van der Waals surface area contributed by atoms with Crippen LogP contribution in [0.2, 0.25) is 0 Å². The van der Waals surface area contributed by atoms with Crippen LogP contribution in [0.5, 0.6) is 0 Å². The molecule has 0 spiro atoms. The van der Waals surface area contributed by atoms with Crippen molar-refractivity contribution in [1.82, 2.24) is 24.6 Å². The molecule has 0 bridgehead atoms. The van der Waals surface area contributed by atoms with Gasteiger partial charge in [0, 0.05) is 30.5 Å². The van der Waals surface area contributed by atoms with E-state index in [4.69, 9.17) is 0 Å². The van der Waals surface area contributed by atoms with Gasteiger partial charge in [-0.3, -0.25) is 9.55 Å². The van der Waals surface area contributed by atoms with Crippen molar-refractivity contribution in [3.63, 3.8) is 0 Å². The summed E-state index contributed by atoms with van der Waals surface area (Å²) in [5.74, 6) is 2.32. The first kappa shape index (κ1) is 22.4. The lowest BCUT2D eigenvalue weighted by molar-refractivity contribution is -0.137. The number of alkyl halides is 3. The fraction of sp³-hybridized carbons (Fsp3) is 0.458. The predicted molar refractivity (Wildman–Crippen MR) is 122 cm³/mol. The van der Waals surface area contributed by atoms with Crippen LogP contribution in [0.15, 0.2) is 47.8 Å². The Morgan fingerprint density at radius 2 is 1.91 bits per heavy atom. The number of piperidine rings is 1. The smallest absolute Gasteiger partial charge is 0.302 e. The highest BCUT2D eigenvalue weighted by Crippen LogP contribution is 2.59. The van der Waals surface area contributed by atoms with Gasteiger partial charge in [0.15, 0.2) is 5.16 Å². The summed E-state index contributed by atoms with van der Waals surface area (Å²) in [5.41, 5.74) is 2.46. The maximum Gasteiger partial charge on any atom is 0.416 e. The van der Waals surface area contributed by atoms with Gasteiger partial charge < -0.3 is 4.90 Å². The van der Waals surface area contributed by atoms with E-state index < -0.39 is 11.7 Å². The lowest BCUT2D eigenvalue weighted by Gasteiger charge is -2.21. The largest absolute Gasteiger partial charge is 0.416 e. The SMILES string of the molecule is Cc1ncccc1-n1c(C)nnc1SCCCN1C[C@H]2C[C@]2(c2ccc(C(F)(F)F)cc2)C1. The molecule has 9 heteroatoms. The molecule has 2 fully saturated rings. The molecule has 33 heavy (non-hydrogen) atoms. The molecule has 1 saturated carbocycles. The van der Waals surface area contributed by atoms with Gasteiger partial charge >= 0.3 is 6.18 Å². The second-order valence-electron chi connectivity index (χ2n) is 9.04. The summed E-state index contributed by atoms with van der Waals surface area (Å²) >= 11 is 1.69. The van der Waals surface area contributed by atoms with Gasteiger partial charge in [-0.25, -0.2) is 0 Å². The fourth-order valence-corrected chi connectivity index (χ4v) is 5.99. The van der Waals surface area contributed by atoms with Gasteiger partial charge in [-0.05, 0) is 69.0 Å². The summed E-state index contributed by atoms with van der Waals surface area (Å²) in [4.78, 5) is 6.83. The minimum Gasteiger partial charge on any atom is -0.302 e. The molecule has 1 aliphatic heterocycles. The first-order valence-electron chi connectivity index (χ1n) is 11.1. The van der Waals surface area contributed by atoms with Gasteiger partial charge in [-0.2, -0.15) is 13.2 Å². The first-order chi connectivity index (χ1) is 15.8. The van der Waals surface area contributed by atoms with Crippen molar-refractivity contribution in [2.24, 2.45) is 5.92 Å². The van der Waals surface area contributed by atoms with Crippen LogP contribution < -0.4 is 0 Å². The van der Waals surface area contributed by atoms with Crippen LogP contribution in [-0.2, 0) is 11.6 Å². The number of thioether (sulfide) groups is 1. The number of likely N-dealkylation sites (tertiary alicyclic amines) is 1. The number of hydrogen-bond donors (Lipinski definition) is 0. The molecular formula is C24H26F3N5S. The quantitative estimate of drug-likeness (QED) is 0.355. The van der Waals surface area contributed by atoms with E-state index in [1.807, 2.05) is 26.0 Å². The first-order valence-corrected chi connectivity index (χ1v) is 12.1. The molecule has 3 aromatic rings. The Kier molecular flexibility index (Phi) is 5.73. The number of fused-ring (bicyclic) bond motifs is 1. The summed E-state index contributed by atoms with van der Waals surface area (Å²) in [5, 5.41) is 9.47. The average Bonchev–Trinajstić information content (AvgIpc) is 3.16. The van der Waals surface area contributed by atoms with Gasteiger partial charge in [-0.15, -0.1) is 10.2 Å². The van der Waals surface area contributed by atoms with E-state index in [1.165, 1.54) is 12.1 Å². The molecule has 1 saturated heterocycles. The van der Waals surface area contributed by atoms with E-state index in [0.717, 1.165) is 66.2 Å². The van der Waals surface area contributed by atoms with Crippen LogP contribution in [0.4, 0.5) is 13.2 Å². The minimum atomic E-state index is -4.28. The van der Waals surface area contributed by atoms with Crippen LogP contribution >= 0.6 is 11.8 Å². The molecule has 174 valence electrons. The molecule has 1 aromatic carbocycles. The Morgan fingerprint density at radius 1 is 1.12 bits per heavy atom. The van der Waals surface area contributed by atoms with Gasteiger partial charge in [0.25, 0.3) is 0 Å². The van der Waals surface area contributed by atoms with Crippen LogP contribution in [0, 0.1) is 19.8 Å². The molecule has 2 aliphatic rings. The zero-order chi connectivity index (χ0) is 23.2. The van der Waals surface area contributed by atoms with Crippen molar-refractivity contribution in [2.45, 2.75) is 43.4 Å². The summed E-state index contributed by atoms with van der Waals surface area (Å²) in [6.07, 6.45) is -0.407. The van der Waals surface area contributed by atoms with Crippen molar-refractivity contribution in [2.75, 3.05) is 25.4 Å². The number of aryl methyl sites for hydroxylation is 2. The van der Waals surface area contributed by atoms with E-state index in [0.29, 0.717) is 5.92 Å². The van der Waals surface area contributed by atoms with Crippen LogP contribution in [0.25, 0.3) is 5.69 Å². The number of aromatic nitrogens is 4. The zero-order valence-corrected chi connectivity index (χ0v) is 19.5. The topological polar surface area (TPSA) is 46.8 Å². The molecule has 5 rings (SSSR count). The molecule has 0 radical (unpaired) electrons. The molecule has 2 atom stereocenters. The maximum atomic E-state index is 12.9. The van der Waals surface area contributed by atoms with Crippen LogP contribution in [-0.4, -0.2) is 50.0 Å². The lowest BCUT2D eigenvalue weighted by atomic mass is 9.94. The standard InChI is InChI=1S/C24H26F3N5S/c1-16-21(5-3-10-28-16)32-17(2)29-30-22(32)33-12-4-11-31-14-20-13-23(20,15-31)18-6-8-19(9-7-18)24(25,26)27/h3,5-10,20H,4,11-15H2,1-2H3/t20-,23-/m1/s1. The third-order valence-corrected chi connectivity index (χ3v) is 7.88. The molecule has 2 aromatic heterocycles. The number of pyridine rings is 1. The summed E-state index contributed by atoms with van der Waals surface area (Å²) in [7, 11) is 0. The highest BCUT2D eigenvalue weighted by molar-refractivity contribution is 7.99. The van der Waals surface area contributed by atoms with Crippen LogP contribution in [0.3, 0.4) is 0 Å². The van der Waals surface area contributed by atoms with E-state index in [9.17, 15) is 13.2 Å². The normalized spacial score (nSPS) is 22.5. The Hall–Kier alpha value is -2.39. The maximum absolute atomic E-state index is 12.9. The Morgan fingerprint density at radius 3 is 2.64 bits per heavy atom. The third-order valence-electron chi connectivity index (χ3n) is 6.87. The molecule has 3 heterocycles. The summed E-state index contributed by atoms with van der Waals surface area (Å²) in [6, 6.07) is 9.75. The highest BCUT2D eigenvalue weighted by Gasteiger charge is 2.60. The molecular weight excluding hydrogens is 447 g/mol. The van der Waals surface area contributed by atoms with Crippen molar-refractivity contribution < 1.29 is 13.2 Å². The van der Waals surface area contributed by atoms with Gasteiger partial charge in [0.2, 0.25) is 0 Å². The van der Waals surface area contributed by atoms with Gasteiger partial charge in [0.05, 0.1) is 16.9 Å². The van der Waals surface area contributed by atoms with E-state index in [2.05, 4.69) is 24.6 Å². The molecule has 5 nitrogen and oxygen atoms in total. The second-order valence-corrected chi connectivity index (χ2v) is 10.1. The summed E-state index contributed by atoms with van der Waals surface area (Å²) < 4.78 is 40.7. The zero-order valence-electron chi connectivity index (χ0n) is 18.6. The Balaban J connectivity index is 1.16. The Bertz CT molecular complexity index is 1140. The monoisotopic (exact) mass is 473 g/mol. The highest BCUT2D eigenvalue weighted by atomic mass is 32.2. The van der Waals surface area contributed by atoms with Crippen molar-refractivity contribution >= 4 is 11.8 Å². The molecule has 0 amide bonds. The van der Waals surface area contributed by atoms with Crippen LogP contribution in [0.1, 0.15) is 35.5 Å². The van der Waals surface area contributed by atoms with Crippen molar-refractivity contribution in [3.05, 3.63) is 65.2 Å². The number of nitrogens with zero attached hydrogens (tertiary/aromatic N) is 5. The van der Waals surface area contributed by atoms with E-state index in [1.54, 1.807) is 30.1 Å². The van der Waals surface area contributed by atoms with Crippen molar-refractivity contribution in [1.29, 1.82) is 0 Å². The van der Waals surface area contributed by atoms with E-state index in [-0.39, 0.29) is 5.41 Å². The third kappa shape index (κ3) is 4.28. The second kappa shape index (κ2) is 8.43. The van der Waals surface area contributed by atoms with Gasteiger partial charge in [-0.1, -0.05) is 23.9 Å². The summed E-state index contributed by atoms with van der Waals surface area (Å²) in [6.45, 7) is 6.85. The fourth-order valence-electron chi connectivity index (χ4n) is 5.07. The molecule has 1 aliphatic carbocycles. The number of benzene rings is 1. The number of rotatable bonds is 7. The lowest BCUT2D eigenvalue weighted by Crippen LogP contribution is -2.28. The Labute approximate surface area is 195 Å².